The Balaban J connectivity index is 2.02. The predicted molar refractivity (Wildman–Crippen MR) is 79.0 cm³/mol. The summed E-state index contributed by atoms with van der Waals surface area (Å²) in [4.78, 5) is 0. The number of halogens is 2. The number of benzene rings is 1. The standard InChI is InChI=1S/C16H21F2N3/c1-3-11(2)21-8-7-13(20-21)9-12(19)10-14-15(17)5-4-6-16(14)18/h4-8,11-12H,3,9-10,19H2,1-2H3. The first-order chi connectivity index (χ1) is 10.0. The molecular weight excluding hydrogens is 272 g/mol. The van der Waals surface area contributed by atoms with Crippen LogP contribution in [0.3, 0.4) is 0 Å². The molecule has 0 saturated carbocycles. The largest absolute Gasteiger partial charge is 0.327 e. The van der Waals surface area contributed by atoms with Crippen LogP contribution in [-0.4, -0.2) is 15.8 Å². The van der Waals surface area contributed by atoms with Crippen molar-refractivity contribution in [1.82, 2.24) is 9.78 Å². The highest BCUT2D eigenvalue weighted by atomic mass is 19.1. The average molecular weight is 293 g/mol. The molecular formula is C16H21F2N3. The maximum Gasteiger partial charge on any atom is 0.129 e. The first-order valence-corrected chi connectivity index (χ1v) is 7.23. The smallest absolute Gasteiger partial charge is 0.129 e. The van der Waals surface area contributed by atoms with Crippen LogP contribution in [0.5, 0.6) is 0 Å². The van der Waals surface area contributed by atoms with Gasteiger partial charge in [-0.1, -0.05) is 13.0 Å². The van der Waals surface area contributed by atoms with E-state index in [1.54, 1.807) is 0 Å². The lowest BCUT2D eigenvalue weighted by atomic mass is 10.0. The second-order valence-corrected chi connectivity index (χ2v) is 5.41. The third-order valence-corrected chi connectivity index (χ3v) is 3.71. The zero-order valence-electron chi connectivity index (χ0n) is 12.4. The molecule has 1 aromatic carbocycles. The van der Waals surface area contributed by atoms with E-state index in [0.29, 0.717) is 12.5 Å². The van der Waals surface area contributed by atoms with Crippen LogP contribution < -0.4 is 5.73 Å². The van der Waals surface area contributed by atoms with Crippen molar-refractivity contribution in [2.45, 2.75) is 45.2 Å². The molecule has 1 heterocycles. The van der Waals surface area contributed by atoms with E-state index in [9.17, 15) is 8.78 Å². The summed E-state index contributed by atoms with van der Waals surface area (Å²) in [6.45, 7) is 4.18. The Morgan fingerprint density at radius 1 is 1.19 bits per heavy atom. The summed E-state index contributed by atoms with van der Waals surface area (Å²) in [7, 11) is 0. The van der Waals surface area contributed by atoms with E-state index in [1.165, 1.54) is 18.2 Å². The highest BCUT2D eigenvalue weighted by Crippen LogP contribution is 2.15. The lowest BCUT2D eigenvalue weighted by molar-refractivity contribution is 0.470. The highest BCUT2D eigenvalue weighted by Gasteiger charge is 2.14. The van der Waals surface area contributed by atoms with E-state index >= 15 is 0 Å². The minimum atomic E-state index is -0.546. The average Bonchev–Trinajstić information content (AvgIpc) is 2.90. The third kappa shape index (κ3) is 3.88. The monoisotopic (exact) mass is 293 g/mol. The highest BCUT2D eigenvalue weighted by molar-refractivity contribution is 5.21. The van der Waals surface area contributed by atoms with Crippen LogP contribution in [0.2, 0.25) is 0 Å². The maximum absolute atomic E-state index is 13.6. The topological polar surface area (TPSA) is 43.8 Å². The van der Waals surface area contributed by atoms with Gasteiger partial charge in [-0.05, 0) is 38.0 Å². The fraction of sp³-hybridized carbons (Fsp3) is 0.438. The first-order valence-electron chi connectivity index (χ1n) is 7.23. The van der Waals surface area contributed by atoms with Gasteiger partial charge in [-0.15, -0.1) is 0 Å². The van der Waals surface area contributed by atoms with E-state index < -0.39 is 11.6 Å². The van der Waals surface area contributed by atoms with Crippen LogP contribution in [0.25, 0.3) is 0 Å². The summed E-state index contributed by atoms with van der Waals surface area (Å²) >= 11 is 0. The molecule has 0 fully saturated rings. The molecule has 0 bridgehead atoms. The fourth-order valence-corrected chi connectivity index (χ4v) is 2.25. The number of nitrogens with zero attached hydrogens (tertiary/aromatic N) is 2. The molecule has 0 spiro atoms. The predicted octanol–water partition coefficient (Wildman–Crippen LogP) is 3.24. The maximum atomic E-state index is 13.6. The Hall–Kier alpha value is -1.75. The molecule has 21 heavy (non-hydrogen) atoms. The van der Waals surface area contributed by atoms with Crippen LogP contribution in [-0.2, 0) is 12.8 Å². The van der Waals surface area contributed by atoms with Crippen molar-refractivity contribution in [2.24, 2.45) is 5.73 Å². The van der Waals surface area contributed by atoms with Crippen molar-refractivity contribution in [1.29, 1.82) is 0 Å². The second-order valence-electron chi connectivity index (χ2n) is 5.41. The van der Waals surface area contributed by atoms with Gasteiger partial charge in [0, 0.05) is 30.3 Å². The van der Waals surface area contributed by atoms with Crippen molar-refractivity contribution in [3.8, 4) is 0 Å². The van der Waals surface area contributed by atoms with Gasteiger partial charge in [-0.25, -0.2) is 8.78 Å². The number of nitrogens with two attached hydrogens (primary N) is 1. The molecule has 114 valence electrons. The van der Waals surface area contributed by atoms with E-state index in [0.717, 1.165) is 12.1 Å². The van der Waals surface area contributed by atoms with Crippen LogP contribution >= 0.6 is 0 Å². The Morgan fingerprint density at radius 3 is 2.48 bits per heavy atom. The van der Waals surface area contributed by atoms with Gasteiger partial charge in [0.05, 0.1) is 5.69 Å². The Kier molecular flexibility index (Phi) is 5.07. The molecule has 2 N–H and O–H groups in total. The van der Waals surface area contributed by atoms with Gasteiger partial charge in [0.25, 0.3) is 0 Å². The molecule has 0 amide bonds. The summed E-state index contributed by atoms with van der Waals surface area (Å²) in [6, 6.07) is 5.73. The molecule has 2 rings (SSSR count). The molecule has 5 heteroatoms. The molecule has 1 aromatic heterocycles. The molecule has 0 radical (unpaired) electrons. The van der Waals surface area contributed by atoms with E-state index in [2.05, 4.69) is 18.9 Å². The Labute approximate surface area is 123 Å². The van der Waals surface area contributed by atoms with Crippen LogP contribution in [0.1, 0.15) is 37.6 Å². The van der Waals surface area contributed by atoms with Gasteiger partial charge in [-0.3, -0.25) is 4.68 Å². The molecule has 2 aromatic rings. The number of aromatic nitrogens is 2. The molecule has 0 aliphatic heterocycles. The number of hydrogen-bond acceptors (Lipinski definition) is 2. The normalized spacial score (nSPS) is 14.1. The summed E-state index contributed by atoms with van der Waals surface area (Å²) in [6.07, 6.45) is 3.57. The number of hydrogen-bond donors (Lipinski definition) is 1. The summed E-state index contributed by atoms with van der Waals surface area (Å²) < 4.78 is 29.1. The Morgan fingerprint density at radius 2 is 1.86 bits per heavy atom. The summed E-state index contributed by atoms with van der Waals surface area (Å²) in [5.74, 6) is -1.09. The van der Waals surface area contributed by atoms with Gasteiger partial charge in [0.1, 0.15) is 11.6 Å². The second kappa shape index (κ2) is 6.80. The van der Waals surface area contributed by atoms with E-state index in [4.69, 9.17) is 5.73 Å². The molecule has 3 nitrogen and oxygen atoms in total. The van der Waals surface area contributed by atoms with Crippen LogP contribution in [0.4, 0.5) is 8.78 Å². The fourth-order valence-electron chi connectivity index (χ4n) is 2.25. The lowest BCUT2D eigenvalue weighted by Crippen LogP contribution is -2.27. The van der Waals surface area contributed by atoms with E-state index in [1.807, 2.05) is 16.9 Å². The minimum Gasteiger partial charge on any atom is -0.327 e. The van der Waals surface area contributed by atoms with Gasteiger partial charge < -0.3 is 5.73 Å². The van der Waals surface area contributed by atoms with Crippen LogP contribution in [0, 0.1) is 11.6 Å². The van der Waals surface area contributed by atoms with Gasteiger partial charge in [-0.2, -0.15) is 5.10 Å². The van der Waals surface area contributed by atoms with Crippen molar-refractivity contribution >= 4 is 0 Å². The van der Waals surface area contributed by atoms with Gasteiger partial charge in [0.15, 0.2) is 0 Å². The third-order valence-electron chi connectivity index (χ3n) is 3.71. The Bertz CT molecular complexity index is 575. The molecule has 0 aliphatic rings. The zero-order valence-corrected chi connectivity index (χ0v) is 12.4. The van der Waals surface area contributed by atoms with Gasteiger partial charge in [0.2, 0.25) is 0 Å². The SMILES string of the molecule is CCC(C)n1ccc(CC(N)Cc2c(F)cccc2F)n1. The molecule has 2 unspecified atom stereocenters. The zero-order chi connectivity index (χ0) is 15.4. The quantitative estimate of drug-likeness (QED) is 0.888. The molecule has 0 saturated heterocycles. The minimum absolute atomic E-state index is 0.0476. The molecule has 2 atom stereocenters. The summed E-state index contributed by atoms with van der Waals surface area (Å²) in [5.41, 5.74) is 6.91. The number of rotatable bonds is 6. The van der Waals surface area contributed by atoms with Crippen molar-refractivity contribution in [3.63, 3.8) is 0 Å². The first kappa shape index (κ1) is 15.6. The molecule has 0 aliphatic carbocycles. The van der Waals surface area contributed by atoms with E-state index in [-0.39, 0.29) is 18.0 Å². The summed E-state index contributed by atoms with van der Waals surface area (Å²) in [5, 5.41) is 4.46. The van der Waals surface area contributed by atoms with Crippen molar-refractivity contribution in [2.75, 3.05) is 0 Å². The lowest BCUT2D eigenvalue weighted by Gasteiger charge is -2.12. The van der Waals surface area contributed by atoms with Crippen molar-refractivity contribution in [3.05, 3.63) is 53.4 Å². The van der Waals surface area contributed by atoms with Crippen molar-refractivity contribution < 1.29 is 8.78 Å². The van der Waals surface area contributed by atoms with Crippen LogP contribution in [0.15, 0.2) is 30.5 Å². The van der Waals surface area contributed by atoms with Gasteiger partial charge >= 0.3 is 0 Å².